The lowest BCUT2D eigenvalue weighted by Gasteiger charge is -2.19. The molecule has 0 atom stereocenters. The Hall–Kier alpha value is -2.30. The van der Waals surface area contributed by atoms with E-state index in [1.165, 1.54) is 29.4 Å². The Bertz CT molecular complexity index is 1170. The van der Waals surface area contributed by atoms with Gasteiger partial charge in [-0.2, -0.15) is 4.37 Å². The first kappa shape index (κ1) is 19.7. The molecular formula is C19H12ClF3N4OS2. The minimum absolute atomic E-state index is 0.0385. The number of nitrogens with one attached hydrogen (secondary N) is 1. The zero-order valence-corrected chi connectivity index (χ0v) is 17.5. The number of nitrogens with zero attached hydrogens (tertiary/aromatic N) is 3. The number of anilines is 2. The van der Waals surface area contributed by atoms with E-state index in [1.807, 2.05) is 0 Å². The zero-order valence-electron chi connectivity index (χ0n) is 15.1. The molecule has 2 heterocycles. The van der Waals surface area contributed by atoms with Gasteiger partial charge in [0, 0.05) is 22.1 Å². The molecule has 5 nitrogen and oxygen atoms in total. The fraction of sp³-hybridized carbons (Fsp3) is 0.211. The molecule has 1 aliphatic heterocycles. The molecule has 0 radical (unpaired) electrons. The smallest absolute Gasteiger partial charge is 0.238 e. The van der Waals surface area contributed by atoms with Crippen molar-refractivity contribution in [1.29, 1.82) is 0 Å². The number of hydrogen-bond acceptors (Lipinski definition) is 6. The molecule has 2 aliphatic rings. The first-order chi connectivity index (χ1) is 14.4. The van der Waals surface area contributed by atoms with E-state index in [4.69, 9.17) is 11.6 Å². The minimum Gasteiger partial charge on any atom is -0.307 e. The Kier molecular flexibility index (Phi) is 4.68. The summed E-state index contributed by atoms with van der Waals surface area (Å²) in [5.74, 6) is -2.82. The second-order valence-electron chi connectivity index (χ2n) is 7.05. The summed E-state index contributed by atoms with van der Waals surface area (Å²) in [6.45, 7) is -0.0385. The standard InChI is InChI=1S/C19H12ClF3N4OS2/c20-10-6-14(29-26-18-24-8-25-30-18)12(22)5-9(10)7-27-13-2-1-11(21)16(23)15(13)19(3-4-19)17(27)28/h1-2,5-6,8H,3-4,7H2,(H,24,25,26). The van der Waals surface area contributed by atoms with Crippen molar-refractivity contribution in [3.8, 4) is 0 Å². The van der Waals surface area contributed by atoms with Gasteiger partial charge >= 0.3 is 0 Å². The highest BCUT2D eigenvalue weighted by atomic mass is 35.5. The van der Waals surface area contributed by atoms with Gasteiger partial charge in [-0.1, -0.05) is 11.6 Å². The van der Waals surface area contributed by atoms with E-state index in [-0.39, 0.29) is 27.9 Å². The number of carbonyl (C=O) groups excluding carboxylic acids is 1. The van der Waals surface area contributed by atoms with Crippen molar-refractivity contribution in [3.05, 3.63) is 64.2 Å². The summed E-state index contributed by atoms with van der Waals surface area (Å²) in [6, 6.07) is 5.08. The normalized spacial score (nSPS) is 16.3. The molecule has 2 aromatic carbocycles. The van der Waals surface area contributed by atoms with Gasteiger partial charge in [0.25, 0.3) is 0 Å². The van der Waals surface area contributed by atoms with Gasteiger partial charge < -0.3 is 9.62 Å². The maximum absolute atomic E-state index is 14.6. The number of amides is 1. The lowest BCUT2D eigenvalue weighted by Crippen LogP contribution is -2.31. The number of fused-ring (bicyclic) bond motifs is 2. The molecule has 5 rings (SSSR count). The lowest BCUT2D eigenvalue weighted by molar-refractivity contribution is -0.120. The molecule has 0 unspecified atom stereocenters. The summed E-state index contributed by atoms with van der Waals surface area (Å²) in [4.78, 5) is 18.5. The van der Waals surface area contributed by atoms with Crippen molar-refractivity contribution in [2.24, 2.45) is 0 Å². The van der Waals surface area contributed by atoms with Crippen molar-refractivity contribution in [3.63, 3.8) is 0 Å². The Morgan fingerprint density at radius 1 is 1.23 bits per heavy atom. The van der Waals surface area contributed by atoms with Crippen LogP contribution >= 0.6 is 35.1 Å². The number of halogens is 4. The highest BCUT2D eigenvalue weighted by Gasteiger charge is 2.61. The predicted octanol–water partition coefficient (Wildman–Crippen LogP) is 5.31. The molecule has 1 spiro atoms. The average Bonchev–Trinajstić information content (AvgIpc) is 3.27. The van der Waals surface area contributed by atoms with Crippen LogP contribution in [0.5, 0.6) is 0 Å². The van der Waals surface area contributed by atoms with Gasteiger partial charge in [-0.25, -0.2) is 18.2 Å². The van der Waals surface area contributed by atoms with Gasteiger partial charge in [-0.05, 0) is 54.6 Å². The van der Waals surface area contributed by atoms with Crippen molar-refractivity contribution >= 4 is 51.8 Å². The summed E-state index contributed by atoms with van der Waals surface area (Å²) >= 11 is 8.48. The van der Waals surface area contributed by atoms with Gasteiger partial charge in [0.2, 0.25) is 11.0 Å². The summed E-state index contributed by atoms with van der Waals surface area (Å²) in [5, 5.41) is 0.773. The fourth-order valence-electron chi connectivity index (χ4n) is 3.70. The first-order valence-electron chi connectivity index (χ1n) is 8.88. The molecule has 0 saturated heterocycles. The van der Waals surface area contributed by atoms with Crippen LogP contribution in [0.1, 0.15) is 24.0 Å². The topological polar surface area (TPSA) is 58.1 Å². The maximum Gasteiger partial charge on any atom is 0.238 e. The Balaban J connectivity index is 1.43. The van der Waals surface area contributed by atoms with E-state index in [9.17, 15) is 18.0 Å². The first-order valence-corrected chi connectivity index (χ1v) is 10.9. The third-order valence-electron chi connectivity index (χ3n) is 5.29. The molecule has 1 fully saturated rings. The van der Waals surface area contributed by atoms with Gasteiger partial charge in [-0.15, -0.1) is 0 Å². The molecule has 11 heteroatoms. The number of aromatic nitrogens is 2. The SMILES string of the molecule is O=C1N(Cc2cc(F)c(SNc3ncns3)cc2Cl)c2ccc(F)c(F)c2C12CC2. The van der Waals surface area contributed by atoms with Crippen molar-refractivity contribution < 1.29 is 18.0 Å². The Morgan fingerprint density at radius 3 is 2.73 bits per heavy atom. The molecule has 1 saturated carbocycles. The van der Waals surface area contributed by atoms with Crippen LogP contribution < -0.4 is 9.62 Å². The van der Waals surface area contributed by atoms with Crippen LogP contribution in [0.25, 0.3) is 0 Å². The summed E-state index contributed by atoms with van der Waals surface area (Å²) in [6.07, 6.45) is 2.31. The van der Waals surface area contributed by atoms with Crippen LogP contribution in [0.4, 0.5) is 24.0 Å². The quantitative estimate of drug-likeness (QED) is 0.514. The van der Waals surface area contributed by atoms with Crippen LogP contribution in [0.3, 0.4) is 0 Å². The lowest BCUT2D eigenvalue weighted by atomic mass is 9.97. The average molecular weight is 469 g/mol. The second-order valence-corrected chi connectivity index (χ2v) is 9.09. The van der Waals surface area contributed by atoms with E-state index in [0.29, 0.717) is 29.2 Å². The Labute approximate surface area is 182 Å². The van der Waals surface area contributed by atoms with Crippen LogP contribution in [0.2, 0.25) is 5.02 Å². The van der Waals surface area contributed by atoms with E-state index >= 15 is 0 Å². The van der Waals surface area contributed by atoms with E-state index in [2.05, 4.69) is 14.1 Å². The molecule has 1 N–H and O–H groups in total. The third kappa shape index (κ3) is 3.05. The van der Waals surface area contributed by atoms with E-state index < -0.39 is 22.9 Å². The minimum atomic E-state index is -1.01. The van der Waals surface area contributed by atoms with Gasteiger partial charge in [0.05, 0.1) is 22.5 Å². The zero-order chi connectivity index (χ0) is 21.0. The highest BCUT2D eigenvalue weighted by molar-refractivity contribution is 8.00. The van der Waals surface area contributed by atoms with E-state index in [0.717, 1.165) is 29.5 Å². The summed E-state index contributed by atoms with van der Waals surface area (Å²) in [7, 11) is 0. The van der Waals surface area contributed by atoms with Crippen LogP contribution in [0.15, 0.2) is 35.5 Å². The van der Waals surface area contributed by atoms with Crippen molar-refractivity contribution in [2.75, 3.05) is 9.62 Å². The van der Waals surface area contributed by atoms with Gasteiger partial charge in [-0.3, -0.25) is 4.79 Å². The van der Waals surface area contributed by atoms with Gasteiger partial charge in [0.15, 0.2) is 11.6 Å². The van der Waals surface area contributed by atoms with Crippen LogP contribution in [-0.4, -0.2) is 15.3 Å². The van der Waals surface area contributed by atoms with Crippen molar-refractivity contribution in [2.45, 2.75) is 29.7 Å². The second kappa shape index (κ2) is 7.14. The molecule has 1 aliphatic carbocycles. The predicted molar refractivity (Wildman–Crippen MR) is 109 cm³/mol. The maximum atomic E-state index is 14.6. The van der Waals surface area contributed by atoms with Gasteiger partial charge in [0.1, 0.15) is 12.1 Å². The molecule has 30 heavy (non-hydrogen) atoms. The third-order valence-corrected chi connectivity index (χ3v) is 7.18. The molecular weight excluding hydrogens is 457 g/mol. The number of hydrogen-bond donors (Lipinski definition) is 1. The monoisotopic (exact) mass is 468 g/mol. The largest absolute Gasteiger partial charge is 0.307 e. The fourth-order valence-corrected chi connectivity index (χ4v) is 5.13. The van der Waals surface area contributed by atoms with Crippen LogP contribution in [-0.2, 0) is 16.8 Å². The molecule has 154 valence electrons. The summed E-state index contributed by atoms with van der Waals surface area (Å²) < 4.78 is 49.6. The van der Waals surface area contributed by atoms with E-state index in [1.54, 1.807) is 0 Å². The van der Waals surface area contributed by atoms with Crippen molar-refractivity contribution in [1.82, 2.24) is 9.36 Å². The molecule has 1 amide bonds. The number of carbonyl (C=O) groups is 1. The summed E-state index contributed by atoms with van der Waals surface area (Å²) in [5.41, 5.74) is -0.230. The molecule has 1 aromatic heterocycles. The van der Waals surface area contributed by atoms with Crippen LogP contribution in [0, 0.1) is 17.5 Å². The Morgan fingerprint density at radius 2 is 2.03 bits per heavy atom. The molecule has 3 aromatic rings. The highest BCUT2D eigenvalue weighted by Crippen LogP contribution is 2.58. The number of benzene rings is 2. The number of rotatable bonds is 5. The molecule has 0 bridgehead atoms.